The number of hydrogen-bond acceptors (Lipinski definition) is 1. The fourth-order valence-electron chi connectivity index (χ4n) is 1.43. The molecule has 0 saturated heterocycles. The predicted molar refractivity (Wildman–Crippen MR) is 68.0 cm³/mol. The molecular formula is C14H18FNO. The minimum Gasteiger partial charge on any atom is -0.353 e. The van der Waals surface area contributed by atoms with E-state index in [1.807, 2.05) is 0 Å². The van der Waals surface area contributed by atoms with Crippen molar-refractivity contribution in [1.82, 2.24) is 5.32 Å². The summed E-state index contributed by atoms with van der Waals surface area (Å²) in [5.74, 6) is -0.430. The Morgan fingerprint density at radius 3 is 2.94 bits per heavy atom. The summed E-state index contributed by atoms with van der Waals surface area (Å²) in [6.07, 6.45) is 6.29. The lowest BCUT2D eigenvalue weighted by Gasteiger charge is -2.00. The standard InChI is InChI=1S/C14H18FNO/c1-2-3-4-10-16-14(17)9-8-12-6-5-7-13(15)11-12/h5-9,11H,2-4,10H2,1H3,(H,16,17)/b9-8+. The van der Waals surface area contributed by atoms with Crippen molar-refractivity contribution >= 4 is 12.0 Å². The van der Waals surface area contributed by atoms with Crippen LogP contribution in [0.3, 0.4) is 0 Å². The van der Waals surface area contributed by atoms with Gasteiger partial charge < -0.3 is 5.32 Å². The first-order chi connectivity index (χ1) is 8.22. The van der Waals surface area contributed by atoms with Gasteiger partial charge in [0, 0.05) is 12.6 Å². The van der Waals surface area contributed by atoms with Crippen molar-refractivity contribution in [2.24, 2.45) is 0 Å². The summed E-state index contributed by atoms with van der Waals surface area (Å²) in [5.41, 5.74) is 0.689. The topological polar surface area (TPSA) is 29.1 Å². The van der Waals surface area contributed by atoms with Gasteiger partial charge in [-0.2, -0.15) is 0 Å². The fraction of sp³-hybridized carbons (Fsp3) is 0.357. The summed E-state index contributed by atoms with van der Waals surface area (Å²) in [5, 5.41) is 2.78. The molecule has 0 aliphatic heterocycles. The molecule has 0 bridgehead atoms. The number of carbonyl (C=O) groups excluding carboxylic acids is 1. The van der Waals surface area contributed by atoms with Crippen LogP contribution in [0.4, 0.5) is 4.39 Å². The van der Waals surface area contributed by atoms with Gasteiger partial charge in [0.25, 0.3) is 0 Å². The first kappa shape index (κ1) is 13.4. The lowest BCUT2D eigenvalue weighted by atomic mass is 10.2. The average Bonchev–Trinajstić information content (AvgIpc) is 2.32. The lowest BCUT2D eigenvalue weighted by molar-refractivity contribution is -0.116. The van der Waals surface area contributed by atoms with Crippen molar-refractivity contribution in [3.05, 3.63) is 41.7 Å². The van der Waals surface area contributed by atoms with Crippen molar-refractivity contribution in [2.75, 3.05) is 6.54 Å². The van der Waals surface area contributed by atoms with E-state index in [-0.39, 0.29) is 11.7 Å². The monoisotopic (exact) mass is 235 g/mol. The second kappa shape index (κ2) is 7.60. The maximum absolute atomic E-state index is 12.8. The van der Waals surface area contributed by atoms with Crippen LogP contribution in [0.15, 0.2) is 30.3 Å². The Kier molecular flexibility index (Phi) is 6.00. The zero-order valence-electron chi connectivity index (χ0n) is 10.1. The zero-order valence-corrected chi connectivity index (χ0v) is 10.1. The first-order valence-corrected chi connectivity index (χ1v) is 5.94. The summed E-state index contributed by atoms with van der Waals surface area (Å²) in [6.45, 7) is 2.81. The van der Waals surface area contributed by atoms with E-state index in [2.05, 4.69) is 12.2 Å². The Labute approximate surface area is 102 Å². The molecule has 1 aromatic carbocycles. The minimum atomic E-state index is -0.296. The molecule has 92 valence electrons. The molecule has 0 aliphatic rings. The SMILES string of the molecule is CCCCCNC(=O)/C=C/c1cccc(F)c1. The molecule has 1 aromatic rings. The van der Waals surface area contributed by atoms with Crippen LogP contribution >= 0.6 is 0 Å². The molecule has 0 atom stereocenters. The van der Waals surface area contributed by atoms with E-state index < -0.39 is 0 Å². The molecule has 0 aliphatic carbocycles. The molecule has 1 amide bonds. The molecule has 1 rings (SSSR count). The molecule has 0 fully saturated rings. The molecule has 17 heavy (non-hydrogen) atoms. The van der Waals surface area contributed by atoms with Gasteiger partial charge in [0.15, 0.2) is 0 Å². The number of rotatable bonds is 6. The highest BCUT2D eigenvalue weighted by atomic mass is 19.1. The van der Waals surface area contributed by atoms with E-state index in [9.17, 15) is 9.18 Å². The van der Waals surface area contributed by atoms with E-state index in [0.29, 0.717) is 12.1 Å². The van der Waals surface area contributed by atoms with Gasteiger partial charge in [-0.3, -0.25) is 4.79 Å². The number of amides is 1. The third kappa shape index (κ3) is 5.85. The number of hydrogen-bond donors (Lipinski definition) is 1. The van der Waals surface area contributed by atoms with Gasteiger partial charge in [0.1, 0.15) is 5.82 Å². The third-order valence-corrected chi connectivity index (χ3v) is 2.36. The van der Waals surface area contributed by atoms with Crippen LogP contribution in [-0.2, 0) is 4.79 Å². The molecule has 0 radical (unpaired) electrons. The summed E-state index contributed by atoms with van der Waals surface area (Å²) < 4.78 is 12.8. The first-order valence-electron chi connectivity index (χ1n) is 5.94. The molecule has 1 N–H and O–H groups in total. The number of carbonyl (C=O) groups is 1. The molecule has 0 saturated carbocycles. The Hall–Kier alpha value is -1.64. The van der Waals surface area contributed by atoms with Gasteiger partial charge in [-0.15, -0.1) is 0 Å². The summed E-state index contributed by atoms with van der Waals surface area (Å²) in [4.78, 5) is 11.4. The second-order valence-corrected chi connectivity index (χ2v) is 3.89. The van der Waals surface area contributed by atoms with Crippen LogP contribution in [0.1, 0.15) is 31.7 Å². The van der Waals surface area contributed by atoms with Crippen molar-refractivity contribution in [3.8, 4) is 0 Å². The number of benzene rings is 1. The van der Waals surface area contributed by atoms with Crippen molar-refractivity contribution < 1.29 is 9.18 Å². The molecule has 0 heterocycles. The highest BCUT2D eigenvalue weighted by Crippen LogP contribution is 2.05. The van der Waals surface area contributed by atoms with E-state index >= 15 is 0 Å². The summed E-state index contributed by atoms with van der Waals surface area (Å²) in [6, 6.07) is 6.14. The van der Waals surface area contributed by atoms with E-state index in [4.69, 9.17) is 0 Å². The van der Waals surface area contributed by atoms with Crippen LogP contribution in [0.2, 0.25) is 0 Å². The molecule has 0 unspecified atom stereocenters. The zero-order chi connectivity index (χ0) is 12.5. The predicted octanol–water partition coefficient (Wildman–Crippen LogP) is 3.15. The average molecular weight is 235 g/mol. The third-order valence-electron chi connectivity index (χ3n) is 2.36. The fourth-order valence-corrected chi connectivity index (χ4v) is 1.43. The van der Waals surface area contributed by atoms with Gasteiger partial charge in [-0.25, -0.2) is 4.39 Å². The van der Waals surface area contributed by atoms with Crippen LogP contribution in [0, 0.1) is 5.82 Å². The van der Waals surface area contributed by atoms with E-state index in [1.165, 1.54) is 18.2 Å². The smallest absolute Gasteiger partial charge is 0.243 e. The molecular weight excluding hydrogens is 217 g/mol. The Balaban J connectivity index is 2.35. The number of unbranched alkanes of at least 4 members (excludes halogenated alkanes) is 2. The molecule has 0 spiro atoms. The molecule has 3 heteroatoms. The number of halogens is 1. The molecule has 0 aromatic heterocycles. The Morgan fingerprint density at radius 1 is 1.41 bits per heavy atom. The van der Waals surface area contributed by atoms with Crippen LogP contribution in [0.5, 0.6) is 0 Å². The van der Waals surface area contributed by atoms with E-state index in [0.717, 1.165) is 19.3 Å². The number of nitrogens with one attached hydrogen (secondary N) is 1. The highest BCUT2D eigenvalue weighted by Gasteiger charge is 1.95. The van der Waals surface area contributed by atoms with Crippen molar-refractivity contribution in [3.63, 3.8) is 0 Å². The van der Waals surface area contributed by atoms with Gasteiger partial charge in [0.05, 0.1) is 0 Å². The van der Waals surface area contributed by atoms with Crippen LogP contribution < -0.4 is 5.32 Å². The maximum atomic E-state index is 12.8. The normalized spacial score (nSPS) is 10.7. The highest BCUT2D eigenvalue weighted by molar-refractivity contribution is 5.91. The van der Waals surface area contributed by atoms with Crippen molar-refractivity contribution in [2.45, 2.75) is 26.2 Å². The van der Waals surface area contributed by atoms with Crippen LogP contribution in [0.25, 0.3) is 6.08 Å². The maximum Gasteiger partial charge on any atom is 0.243 e. The van der Waals surface area contributed by atoms with Crippen LogP contribution in [-0.4, -0.2) is 12.5 Å². The Morgan fingerprint density at radius 2 is 2.24 bits per heavy atom. The summed E-state index contributed by atoms with van der Waals surface area (Å²) in [7, 11) is 0. The van der Waals surface area contributed by atoms with Gasteiger partial charge >= 0.3 is 0 Å². The van der Waals surface area contributed by atoms with Gasteiger partial charge in [-0.1, -0.05) is 31.9 Å². The second-order valence-electron chi connectivity index (χ2n) is 3.89. The summed E-state index contributed by atoms with van der Waals surface area (Å²) >= 11 is 0. The van der Waals surface area contributed by atoms with Gasteiger partial charge in [-0.05, 0) is 30.2 Å². The Bertz CT molecular complexity index is 388. The van der Waals surface area contributed by atoms with Gasteiger partial charge in [0.2, 0.25) is 5.91 Å². The quantitative estimate of drug-likeness (QED) is 0.595. The largest absolute Gasteiger partial charge is 0.353 e. The molecule has 2 nitrogen and oxygen atoms in total. The van der Waals surface area contributed by atoms with E-state index in [1.54, 1.807) is 18.2 Å². The van der Waals surface area contributed by atoms with Crippen molar-refractivity contribution in [1.29, 1.82) is 0 Å². The minimum absolute atomic E-state index is 0.134. The lowest BCUT2D eigenvalue weighted by Crippen LogP contribution is -2.21.